The molecule has 0 saturated heterocycles. The van der Waals surface area contributed by atoms with E-state index in [1.54, 1.807) is 0 Å². The summed E-state index contributed by atoms with van der Waals surface area (Å²) in [6.45, 7) is 2.22. The molecule has 0 aliphatic heterocycles. The molecular formula is C30H34NOPSn. The molecule has 0 fully saturated rings. The molecule has 2 atom stereocenters. The molecule has 4 aromatic carbocycles. The second-order valence-corrected chi connectivity index (χ2v) is 27.6. The van der Waals surface area contributed by atoms with Crippen molar-refractivity contribution < 1.29 is 4.57 Å². The molecule has 4 aromatic rings. The average Bonchev–Trinajstić information content (AvgIpc) is 2.88. The van der Waals surface area contributed by atoms with Crippen LogP contribution in [0.3, 0.4) is 0 Å². The minimum atomic E-state index is -3.19. The van der Waals surface area contributed by atoms with Gasteiger partial charge in [0.1, 0.15) is 0 Å². The number of rotatable bonds is 8. The Hall–Kier alpha value is -2.13. The fourth-order valence-corrected chi connectivity index (χ4v) is 18.0. The molecule has 34 heavy (non-hydrogen) atoms. The van der Waals surface area contributed by atoms with E-state index in [-0.39, 0.29) is 10.1 Å². The Morgan fingerprint density at radius 1 is 0.588 bits per heavy atom. The van der Waals surface area contributed by atoms with Gasteiger partial charge in [-0.2, -0.15) is 0 Å². The maximum absolute atomic E-state index is 15.8. The first-order chi connectivity index (χ1) is 16.3. The molecule has 0 aliphatic carbocycles. The quantitative estimate of drug-likeness (QED) is 0.160. The summed E-state index contributed by atoms with van der Waals surface area (Å²) in [5, 5.41) is 1.78. The van der Waals surface area contributed by atoms with Crippen LogP contribution in [0.2, 0.25) is 14.8 Å². The predicted octanol–water partition coefficient (Wildman–Crippen LogP) is 7.60. The van der Waals surface area contributed by atoms with Crippen LogP contribution in [0.4, 0.5) is 0 Å². The predicted molar refractivity (Wildman–Crippen MR) is 149 cm³/mol. The van der Waals surface area contributed by atoms with E-state index in [0.29, 0.717) is 0 Å². The monoisotopic (exact) mass is 575 g/mol. The summed E-state index contributed by atoms with van der Waals surface area (Å²) in [5.41, 5.74) is 2.45. The summed E-state index contributed by atoms with van der Waals surface area (Å²) in [5.74, 6) is 0. The second kappa shape index (κ2) is 10.6. The molecule has 4 rings (SSSR count). The topological polar surface area (TPSA) is 20.3 Å². The van der Waals surface area contributed by atoms with E-state index in [0.717, 1.165) is 10.6 Å². The third-order valence-corrected chi connectivity index (χ3v) is 16.7. The SMILES string of the molecule is C[C@H](c1ccccc1)N([C@H](c1ccccc1)[Sn]([CH3])([CH3])[CH3])P(=O)(c1ccccc1)c1ccccc1. The van der Waals surface area contributed by atoms with Crippen molar-refractivity contribution >= 4 is 36.3 Å². The summed E-state index contributed by atoms with van der Waals surface area (Å²) < 4.78 is 18.3. The average molecular weight is 574 g/mol. The number of benzene rings is 4. The van der Waals surface area contributed by atoms with Gasteiger partial charge in [-0.3, -0.25) is 0 Å². The zero-order chi connectivity index (χ0) is 24.2. The van der Waals surface area contributed by atoms with Crippen molar-refractivity contribution in [2.24, 2.45) is 0 Å². The Kier molecular flexibility index (Phi) is 7.82. The first-order valence-corrected chi connectivity index (χ1v) is 23.8. The Bertz CT molecular complexity index is 1180. The van der Waals surface area contributed by atoms with Crippen molar-refractivity contribution in [3.05, 3.63) is 132 Å². The third kappa shape index (κ3) is 5.10. The van der Waals surface area contributed by atoms with Crippen molar-refractivity contribution in [1.82, 2.24) is 4.67 Å². The normalized spacial score (nSPS) is 14.0. The standard InChI is InChI=1S/C27H25NOP.3CH3.Sn/c1-23(25-16-8-3-9-17-25)28(22-24-14-6-2-7-15-24)30(29,26-18-10-4-11-19-26)27-20-12-5-13-21-27;;;;/h2-23H,1H3;3*1H3;/t23-;;;;/m1..../s1. The summed E-state index contributed by atoms with van der Waals surface area (Å²) in [6, 6.07) is 41.4. The van der Waals surface area contributed by atoms with Gasteiger partial charge in [-0.15, -0.1) is 0 Å². The van der Waals surface area contributed by atoms with Gasteiger partial charge in [-0.1, -0.05) is 0 Å². The Labute approximate surface area is 209 Å². The van der Waals surface area contributed by atoms with Gasteiger partial charge < -0.3 is 0 Å². The molecule has 0 radical (unpaired) electrons. The summed E-state index contributed by atoms with van der Waals surface area (Å²) >= 11 is -2.79. The molecule has 0 heterocycles. The second-order valence-electron chi connectivity index (χ2n) is 9.89. The van der Waals surface area contributed by atoms with Crippen molar-refractivity contribution in [3.63, 3.8) is 0 Å². The van der Waals surface area contributed by atoms with Crippen LogP contribution in [0.1, 0.15) is 28.2 Å². The van der Waals surface area contributed by atoms with Crippen LogP contribution in [0.25, 0.3) is 0 Å². The number of nitrogens with zero attached hydrogens (tertiary/aromatic N) is 1. The molecule has 0 amide bonds. The van der Waals surface area contributed by atoms with Gasteiger partial charge >= 0.3 is 210 Å². The Morgan fingerprint density at radius 2 is 0.941 bits per heavy atom. The Morgan fingerprint density at radius 3 is 1.32 bits per heavy atom. The van der Waals surface area contributed by atoms with Crippen molar-refractivity contribution in [1.29, 1.82) is 0 Å². The molecule has 0 bridgehead atoms. The summed E-state index contributed by atoms with van der Waals surface area (Å²) in [7, 11) is -3.19. The van der Waals surface area contributed by atoms with Gasteiger partial charge in [0.2, 0.25) is 0 Å². The van der Waals surface area contributed by atoms with E-state index in [1.807, 2.05) is 66.7 Å². The van der Waals surface area contributed by atoms with Gasteiger partial charge in [0.25, 0.3) is 0 Å². The number of hydrogen-bond acceptors (Lipinski definition) is 1. The molecule has 0 aromatic heterocycles. The van der Waals surface area contributed by atoms with Gasteiger partial charge in [-0.25, -0.2) is 0 Å². The van der Waals surface area contributed by atoms with E-state index in [1.165, 1.54) is 11.1 Å². The van der Waals surface area contributed by atoms with Crippen molar-refractivity contribution in [2.45, 2.75) is 31.8 Å². The maximum atomic E-state index is 15.8. The fourth-order valence-electron chi connectivity index (χ4n) is 4.88. The van der Waals surface area contributed by atoms with Crippen LogP contribution >= 0.6 is 7.29 Å². The molecule has 0 spiro atoms. The molecule has 0 N–H and O–H groups in total. The molecule has 174 valence electrons. The van der Waals surface area contributed by atoms with Gasteiger partial charge in [0.05, 0.1) is 0 Å². The molecule has 4 heteroatoms. The van der Waals surface area contributed by atoms with E-state index in [4.69, 9.17) is 0 Å². The first-order valence-electron chi connectivity index (χ1n) is 11.9. The van der Waals surface area contributed by atoms with E-state index in [2.05, 4.69) is 81.0 Å². The molecule has 0 saturated carbocycles. The minimum absolute atomic E-state index is 0.0337. The summed E-state index contributed by atoms with van der Waals surface area (Å²) in [4.78, 5) is 7.37. The van der Waals surface area contributed by atoms with Gasteiger partial charge in [0.15, 0.2) is 0 Å². The van der Waals surface area contributed by atoms with Gasteiger partial charge in [0, 0.05) is 0 Å². The van der Waals surface area contributed by atoms with Gasteiger partial charge in [-0.05, 0) is 0 Å². The van der Waals surface area contributed by atoms with Crippen LogP contribution in [-0.2, 0) is 4.57 Å². The molecular weight excluding hydrogens is 540 g/mol. The van der Waals surface area contributed by atoms with Crippen molar-refractivity contribution in [3.8, 4) is 0 Å². The van der Waals surface area contributed by atoms with Crippen LogP contribution in [-0.4, -0.2) is 23.0 Å². The number of hydrogen-bond donors (Lipinski definition) is 0. The van der Waals surface area contributed by atoms with E-state index in [9.17, 15) is 0 Å². The molecule has 0 aliphatic rings. The van der Waals surface area contributed by atoms with Crippen LogP contribution in [0.5, 0.6) is 0 Å². The molecule has 0 unspecified atom stereocenters. The van der Waals surface area contributed by atoms with Crippen molar-refractivity contribution in [2.75, 3.05) is 0 Å². The Balaban J connectivity index is 2.05. The van der Waals surface area contributed by atoms with Crippen LogP contribution < -0.4 is 10.6 Å². The van der Waals surface area contributed by atoms with Crippen LogP contribution in [0, 0.1) is 0 Å². The van der Waals surface area contributed by atoms with E-state index >= 15 is 4.57 Å². The van der Waals surface area contributed by atoms with Crippen LogP contribution in [0.15, 0.2) is 121 Å². The fraction of sp³-hybridized carbons (Fsp3) is 0.200. The third-order valence-electron chi connectivity index (χ3n) is 6.42. The molecule has 2 nitrogen and oxygen atoms in total. The zero-order valence-electron chi connectivity index (χ0n) is 20.5. The first kappa shape index (κ1) is 25.0. The van der Waals surface area contributed by atoms with E-state index < -0.39 is 25.7 Å². The zero-order valence-corrected chi connectivity index (χ0v) is 24.3. The summed E-state index contributed by atoms with van der Waals surface area (Å²) in [6.07, 6.45) is 0.